The molecule has 0 saturated carbocycles. The van der Waals surface area contributed by atoms with Crippen molar-refractivity contribution in [2.24, 2.45) is 0 Å². The summed E-state index contributed by atoms with van der Waals surface area (Å²) in [4.78, 5) is 0. The maximum Gasteiger partial charge on any atom is 0.0925 e. The maximum absolute atomic E-state index is 11.2. The van der Waals surface area contributed by atoms with Crippen molar-refractivity contribution >= 4 is 0 Å². The molecule has 0 fully saturated rings. The predicted octanol–water partition coefficient (Wildman–Crippen LogP) is 7.10. The number of rotatable bonds is 3. The van der Waals surface area contributed by atoms with Crippen molar-refractivity contribution in [1.82, 2.24) is 0 Å². The standard InChI is InChI=1S/C5H10.C4H7F.C4H8.C4H6.CH4/c1-4-5(2)3;1-3-4(2)5;2*1-3-4-2;/h2,4H2,1,3H3;2-3H2,1H3;3H,1,4H2,2H3;1H,4H2,2H3;1H4. The van der Waals surface area contributed by atoms with Crippen LogP contribution in [0.4, 0.5) is 4.39 Å². The number of halogens is 1. The Morgan fingerprint density at radius 2 is 1.37 bits per heavy atom. The molecule has 0 aromatic heterocycles. The van der Waals surface area contributed by atoms with E-state index in [-0.39, 0.29) is 13.3 Å². The van der Waals surface area contributed by atoms with Gasteiger partial charge in [0.05, 0.1) is 5.83 Å². The van der Waals surface area contributed by atoms with Crippen molar-refractivity contribution < 1.29 is 4.39 Å². The smallest absolute Gasteiger partial charge is 0.0925 e. The van der Waals surface area contributed by atoms with E-state index in [1.165, 1.54) is 5.57 Å². The summed E-state index contributed by atoms with van der Waals surface area (Å²) in [6.07, 6.45) is 10.1. The van der Waals surface area contributed by atoms with Crippen LogP contribution in [0.25, 0.3) is 0 Å². The van der Waals surface area contributed by atoms with E-state index in [1.54, 1.807) is 6.92 Å². The molecule has 0 heterocycles. The van der Waals surface area contributed by atoms with Gasteiger partial charge in [-0.25, -0.2) is 4.39 Å². The van der Waals surface area contributed by atoms with Gasteiger partial charge in [-0.15, -0.1) is 25.5 Å². The molecule has 0 spiro atoms. The maximum atomic E-state index is 11.2. The molecule has 0 amide bonds. The second-order valence-electron chi connectivity index (χ2n) is 3.44. The number of allylic oxidation sites excluding steroid dienone is 3. The summed E-state index contributed by atoms with van der Waals surface area (Å²) in [5.74, 6) is 2.19. The van der Waals surface area contributed by atoms with Crippen LogP contribution in [-0.4, -0.2) is 0 Å². The molecule has 0 bridgehead atoms. The molecule has 0 aliphatic rings. The highest BCUT2D eigenvalue weighted by atomic mass is 19.1. The summed E-state index contributed by atoms with van der Waals surface area (Å²) in [5.41, 5.74) is 1.25. The number of terminal acetylenes is 1. The Hall–Kier alpha value is -1.29. The van der Waals surface area contributed by atoms with Crippen LogP contribution in [-0.2, 0) is 0 Å². The summed E-state index contributed by atoms with van der Waals surface area (Å²) in [7, 11) is 0. The van der Waals surface area contributed by atoms with Crippen LogP contribution in [0, 0.1) is 12.3 Å². The zero-order valence-corrected chi connectivity index (χ0v) is 13.0. The van der Waals surface area contributed by atoms with Crippen LogP contribution in [0.1, 0.15) is 67.7 Å². The number of hydrogen-bond donors (Lipinski definition) is 0. The predicted molar refractivity (Wildman–Crippen MR) is 92.0 cm³/mol. The minimum absolute atomic E-state index is 0. The molecule has 0 radical (unpaired) electrons. The first-order valence-corrected chi connectivity index (χ1v) is 6.39. The minimum atomic E-state index is -0.245. The van der Waals surface area contributed by atoms with E-state index < -0.39 is 0 Å². The van der Waals surface area contributed by atoms with Crippen molar-refractivity contribution in [3.63, 3.8) is 0 Å². The monoisotopic (exact) mass is 270 g/mol. The quantitative estimate of drug-likeness (QED) is 0.379. The SMILES string of the molecule is C.C#CCC.C=C(C)CC.C=C(F)CC.C=CCC. The lowest BCUT2D eigenvalue weighted by Gasteiger charge is -1.79. The average molecular weight is 270 g/mol. The summed E-state index contributed by atoms with van der Waals surface area (Å²) >= 11 is 0. The second kappa shape index (κ2) is 36.0. The van der Waals surface area contributed by atoms with Crippen molar-refractivity contribution in [2.45, 2.75) is 67.7 Å². The third kappa shape index (κ3) is 163. The highest BCUT2D eigenvalue weighted by molar-refractivity contribution is 4.84. The first-order chi connectivity index (χ1) is 8.37. The molecule has 1 heteroatoms. The van der Waals surface area contributed by atoms with E-state index in [0.29, 0.717) is 6.42 Å². The van der Waals surface area contributed by atoms with Gasteiger partial charge in [-0.1, -0.05) is 53.3 Å². The van der Waals surface area contributed by atoms with Gasteiger partial charge in [-0.2, -0.15) is 0 Å². The Labute approximate surface area is 122 Å². The van der Waals surface area contributed by atoms with Crippen molar-refractivity contribution in [2.75, 3.05) is 0 Å². The molecule has 0 rings (SSSR count). The van der Waals surface area contributed by atoms with Crippen molar-refractivity contribution in [3.05, 3.63) is 37.2 Å². The Morgan fingerprint density at radius 3 is 1.37 bits per heavy atom. The highest BCUT2D eigenvalue weighted by Gasteiger charge is 1.73. The van der Waals surface area contributed by atoms with Gasteiger partial charge in [0.1, 0.15) is 0 Å². The molecule has 0 N–H and O–H groups in total. The third-order valence-corrected chi connectivity index (χ3v) is 1.48. The summed E-state index contributed by atoms with van der Waals surface area (Å²) in [6, 6.07) is 0. The van der Waals surface area contributed by atoms with E-state index in [1.807, 2.05) is 19.9 Å². The Kier molecular flexibility index (Phi) is 57.9. The van der Waals surface area contributed by atoms with Gasteiger partial charge in [-0.05, 0) is 26.2 Å². The van der Waals surface area contributed by atoms with Gasteiger partial charge in [0.2, 0.25) is 0 Å². The molecular weight excluding hydrogens is 235 g/mol. The van der Waals surface area contributed by atoms with Crippen LogP contribution >= 0.6 is 0 Å². The summed E-state index contributed by atoms with van der Waals surface area (Å²) in [5, 5.41) is 0. The molecule has 0 saturated heterocycles. The largest absolute Gasteiger partial charge is 0.212 e. The lowest BCUT2D eigenvalue weighted by atomic mass is 10.3. The van der Waals surface area contributed by atoms with E-state index in [2.05, 4.69) is 39.5 Å². The second-order valence-corrected chi connectivity index (χ2v) is 3.44. The summed E-state index contributed by atoms with van der Waals surface area (Å²) in [6.45, 7) is 20.0. The molecule has 0 aromatic rings. The normalized spacial score (nSPS) is 6.37. The Morgan fingerprint density at radius 1 is 1.16 bits per heavy atom. The van der Waals surface area contributed by atoms with Crippen LogP contribution in [0.5, 0.6) is 0 Å². The van der Waals surface area contributed by atoms with Crippen LogP contribution in [0.2, 0.25) is 0 Å². The number of hydrogen-bond acceptors (Lipinski definition) is 0. The van der Waals surface area contributed by atoms with Gasteiger partial charge < -0.3 is 0 Å². The third-order valence-electron chi connectivity index (χ3n) is 1.48. The lowest BCUT2D eigenvalue weighted by molar-refractivity contribution is 0.609. The lowest BCUT2D eigenvalue weighted by Crippen LogP contribution is -1.58. The highest BCUT2D eigenvalue weighted by Crippen LogP contribution is 1.93. The van der Waals surface area contributed by atoms with E-state index in [0.717, 1.165) is 19.3 Å². The van der Waals surface area contributed by atoms with Gasteiger partial charge in [-0.3, -0.25) is 0 Å². The van der Waals surface area contributed by atoms with E-state index in [4.69, 9.17) is 6.42 Å². The van der Waals surface area contributed by atoms with E-state index in [9.17, 15) is 4.39 Å². The molecule has 19 heavy (non-hydrogen) atoms. The van der Waals surface area contributed by atoms with Crippen LogP contribution < -0.4 is 0 Å². The molecule has 0 unspecified atom stereocenters. The Bertz CT molecular complexity index is 204. The van der Waals surface area contributed by atoms with Crippen molar-refractivity contribution in [1.29, 1.82) is 0 Å². The fraction of sp³-hybridized carbons (Fsp3) is 0.556. The first-order valence-electron chi connectivity index (χ1n) is 6.39. The van der Waals surface area contributed by atoms with Gasteiger partial charge in [0.25, 0.3) is 0 Å². The molecule has 114 valence electrons. The summed E-state index contributed by atoms with van der Waals surface area (Å²) < 4.78 is 11.2. The topological polar surface area (TPSA) is 0 Å². The van der Waals surface area contributed by atoms with E-state index >= 15 is 0 Å². The fourth-order valence-corrected chi connectivity index (χ4v) is 0. The average Bonchev–Trinajstić information content (AvgIpc) is 2.39. The molecule has 0 nitrogen and oxygen atoms in total. The zero-order chi connectivity index (χ0) is 15.4. The van der Waals surface area contributed by atoms with Gasteiger partial charge in [0.15, 0.2) is 0 Å². The fourth-order valence-electron chi connectivity index (χ4n) is 0. The Balaban J connectivity index is -0.0000000453. The van der Waals surface area contributed by atoms with Crippen LogP contribution in [0.15, 0.2) is 37.2 Å². The first kappa shape index (κ1) is 30.6. The molecule has 0 aliphatic heterocycles. The molecular formula is C18H35F. The van der Waals surface area contributed by atoms with Gasteiger partial charge in [0, 0.05) is 6.42 Å². The zero-order valence-electron chi connectivity index (χ0n) is 13.0. The molecule has 0 aromatic carbocycles. The van der Waals surface area contributed by atoms with Crippen molar-refractivity contribution in [3.8, 4) is 12.3 Å². The molecule has 0 aliphatic carbocycles. The molecule has 0 atom stereocenters. The van der Waals surface area contributed by atoms with Gasteiger partial charge >= 0.3 is 0 Å². The van der Waals surface area contributed by atoms with Crippen LogP contribution in [0.3, 0.4) is 0 Å². The minimum Gasteiger partial charge on any atom is -0.212 e.